The lowest BCUT2D eigenvalue weighted by molar-refractivity contribution is 0.0716. The summed E-state index contributed by atoms with van der Waals surface area (Å²) in [5, 5.41) is 19.7. The lowest BCUT2D eigenvalue weighted by Crippen LogP contribution is -2.31. The van der Waals surface area contributed by atoms with Crippen molar-refractivity contribution >= 4 is 16.9 Å². The van der Waals surface area contributed by atoms with Crippen molar-refractivity contribution in [1.82, 2.24) is 4.90 Å². The highest BCUT2D eigenvalue weighted by Crippen LogP contribution is 2.41. The molecule has 30 heavy (non-hydrogen) atoms. The van der Waals surface area contributed by atoms with E-state index >= 15 is 0 Å². The molecule has 0 spiro atoms. The Kier molecular flexibility index (Phi) is 4.99. The quantitative estimate of drug-likeness (QED) is 0.672. The van der Waals surface area contributed by atoms with Crippen LogP contribution in [0.25, 0.3) is 11.0 Å². The molecule has 2 N–H and O–H groups in total. The van der Waals surface area contributed by atoms with Crippen LogP contribution in [0.4, 0.5) is 0 Å². The van der Waals surface area contributed by atoms with Gasteiger partial charge in [0, 0.05) is 13.2 Å². The molecule has 0 bridgehead atoms. The largest absolute Gasteiger partial charge is 0.504 e. The average Bonchev–Trinajstić information content (AvgIpc) is 3.00. The number of rotatable bonds is 5. The highest BCUT2D eigenvalue weighted by molar-refractivity contribution is 5.99. The van der Waals surface area contributed by atoms with Gasteiger partial charge in [0.15, 0.2) is 16.9 Å². The van der Waals surface area contributed by atoms with Gasteiger partial charge in [0.2, 0.25) is 5.76 Å². The molecule has 0 fully saturated rings. The van der Waals surface area contributed by atoms with Crippen molar-refractivity contribution in [1.29, 1.82) is 0 Å². The van der Waals surface area contributed by atoms with Crippen molar-refractivity contribution in [2.45, 2.75) is 26.3 Å². The molecule has 0 unspecified atom stereocenters. The second-order valence-electron chi connectivity index (χ2n) is 7.54. The Hall–Kier alpha value is -3.32. The number of phenolic OH excluding ortho intramolecular Hbond substituents is 1. The topological polar surface area (TPSA) is 100 Å². The van der Waals surface area contributed by atoms with Gasteiger partial charge in [-0.2, -0.15) is 0 Å². The fourth-order valence-corrected chi connectivity index (χ4v) is 4.16. The molecule has 2 heterocycles. The number of methoxy groups -OCH3 is 1. The van der Waals surface area contributed by atoms with Gasteiger partial charge in [0.05, 0.1) is 24.1 Å². The van der Waals surface area contributed by atoms with Crippen molar-refractivity contribution < 1.29 is 24.2 Å². The second kappa shape index (κ2) is 7.50. The molecule has 1 aliphatic heterocycles. The third-order valence-corrected chi connectivity index (χ3v) is 5.47. The molecule has 4 rings (SSSR count). The smallest absolute Gasteiger partial charge is 0.290 e. The molecular formula is C23H23NO6. The number of fused-ring (bicyclic) bond motifs is 2. The minimum absolute atomic E-state index is 0.0226. The molecule has 3 aromatic rings. The zero-order chi connectivity index (χ0) is 21.6. The molecule has 0 saturated heterocycles. The summed E-state index contributed by atoms with van der Waals surface area (Å²) in [7, 11) is 1.43. The third-order valence-electron chi connectivity index (χ3n) is 5.47. The number of nitrogens with zero attached hydrogens (tertiary/aromatic N) is 1. The summed E-state index contributed by atoms with van der Waals surface area (Å²) in [4.78, 5) is 28.3. The van der Waals surface area contributed by atoms with E-state index in [0.717, 1.165) is 11.1 Å². The highest BCUT2D eigenvalue weighted by Gasteiger charge is 2.42. The van der Waals surface area contributed by atoms with E-state index in [1.807, 2.05) is 19.9 Å². The number of carbonyl (C=O) groups excluding carboxylic acids is 1. The molecular weight excluding hydrogens is 386 g/mol. The van der Waals surface area contributed by atoms with Crippen LogP contribution < -0.4 is 10.2 Å². The van der Waals surface area contributed by atoms with E-state index in [0.29, 0.717) is 23.0 Å². The number of benzene rings is 2. The van der Waals surface area contributed by atoms with Gasteiger partial charge in [0.25, 0.3) is 5.91 Å². The van der Waals surface area contributed by atoms with Crippen LogP contribution >= 0.6 is 0 Å². The molecule has 0 aliphatic carbocycles. The summed E-state index contributed by atoms with van der Waals surface area (Å²) < 4.78 is 11.2. The number of hydrogen-bond acceptors (Lipinski definition) is 6. The maximum Gasteiger partial charge on any atom is 0.290 e. The van der Waals surface area contributed by atoms with Gasteiger partial charge >= 0.3 is 0 Å². The summed E-state index contributed by atoms with van der Waals surface area (Å²) in [5.74, 6) is -0.166. The number of hydrogen-bond donors (Lipinski definition) is 2. The first-order chi connectivity index (χ1) is 14.4. The summed E-state index contributed by atoms with van der Waals surface area (Å²) in [6.07, 6.45) is 0.358. The highest BCUT2D eigenvalue weighted by atomic mass is 16.5. The third kappa shape index (κ3) is 3.02. The van der Waals surface area contributed by atoms with Gasteiger partial charge in [-0.3, -0.25) is 9.59 Å². The van der Waals surface area contributed by atoms with Gasteiger partial charge in [-0.15, -0.1) is 0 Å². The van der Waals surface area contributed by atoms with Crippen LogP contribution in [0.5, 0.6) is 11.5 Å². The first kappa shape index (κ1) is 20.0. The predicted octanol–water partition coefficient (Wildman–Crippen LogP) is 3.05. The van der Waals surface area contributed by atoms with E-state index in [1.54, 1.807) is 18.2 Å². The van der Waals surface area contributed by atoms with Crippen molar-refractivity contribution in [3.8, 4) is 11.5 Å². The van der Waals surface area contributed by atoms with E-state index in [1.165, 1.54) is 18.1 Å². The van der Waals surface area contributed by atoms with E-state index in [4.69, 9.17) is 9.15 Å². The van der Waals surface area contributed by atoms with E-state index < -0.39 is 11.9 Å². The maximum atomic E-state index is 13.5. The monoisotopic (exact) mass is 409 g/mol. The molecule has 0 radical (unpaired) electrons. The Labute approximate surface area is 173 Å². The standard InChI is InChI=1S/C23H23NO6/c1-12-9-13(2)21-15(10-12)20(27)18-19(14-5-6-16(26)17(11-14)29-3)24(7-4-8-25)23(28)22(18)30-21/h5-6,9-11,19,25-26H,4,7-8H2,1-3H3/t19-/m0/s1. The lowest BCUT2D eigenvalue weighted by Gasteiger charge is -2.25. The van der Waals surface area contributed by atoms with Crippen LogP contribution in [-0.4, -0.2) is 41.3 Å². The van der Waals surface area contributed by atoms with Crippen molar-refractivity contribution in [2.24, 2.45) is 0 Å². The Morgan fingerprint density at radius 2 is 1.93 bits per heavy atom. The van der Waals surface area contributed by atoms with Crippen LogP contribution in [0.1, 0.15) is 45.3 Å². The summed E-state index contributed by atoms with van der Waals surface area (Å²) in [5.41, 5.74) is 2.75. The fourth-order valence-electron chi connectivity index (χ4n) is 4.16. The van der Waals surface area contributed by atoms with Crippen LogP contribution in [0.15, 0.2) is 39.5 Å². The first-order valence-electron chi connectivity index (χ1n) is 9.74. The minimum atomic E-state index is -0.699. The molecule has 1 aliphatic rings. The molecule has 7 heteroatoms. The molecule has 0 saturated carbocycles. The number of phenols is 1. The minimum Gasteiger partial charge on any atom is -0.504 e. The lowest BCUT2D eigenvalue weighted by atomic mass is 9.97. The van der Waals surface area contributed by atoms with Crippen LogP contribution in [0.3, 0.4) is 0 Å². The van der Waals surface area contributed by atoms with Crippen LogP contribution in [0, 0.1) is 13.8 Å². The zero-order valence-electron chi connectivity index (χ0n) is 17.1. The van der Waals surface area contributed by atoms with Crippen molar-refractivity contribution in [3.63, 3.8) is 0 Å². The number of aryl methyl sites for hydroxylation is 2. The molecule has 2 aromatic carbocycles. The second-order valence-corrected chi connectivity index (χ2v) is 7.54. The van der Waals surface area contributed by atoms with Gasteiger partial charge in [-0.25, -0.2) is 0 Å². The van der Waals surface area contributed by atoms with Crippen LogP contribution in [0.2, 0.25) is 0 Å². The summed E-state index contributed by atoms with van der Waals surface area (Å²) >= 11 is 0. The van der Waals surface area contributed by atoms with Crippen LogP contribution in [-0.2, 0) is 0 Å². The van der Waals surface area contributed by atoms with Crippen molar-refractivity contribution in [2.75, 3.05) is 20.3 Å². The number of aromatic hydroxyl groups is 1. The Morgan fingerprint density at radius 1 is 1.17 bits per heavy atom. The number of carbonyl (C=O) groups is 1. The van der Waals surface area contributed by atoms with Gasteiger partial charge < -0.3 is 24.3 Å². The normalized spacial score (nSPS) is 15.7. The summed E-state index contributed by atoms with van der Waals surface area (Å²) in [6.45, 7) is 3.91. The predicted molar refractivity (Wildman–Crippen MR) is 111 cm³/mol. The molecule has 156 valence electrons. The fraction of sp³-hybridized carbons (Fsp3) is 0.304. The summed E-state index contributed by atoms with van der Waals surface area (Å²) in [6, 6.07) is 7.71. The molecule has 7 nitrogen and oxygen atoms in total. The van der Waals surface area contributed by atoms with Gasteiger partial charge in [-0.1, -0.05) is 12.1 Å². The van der Waals surface area contributed by atoms with Gasteiger partial charge in [0.1, 0.15) is 5.58 Å². The van der Waals surface area contributed by atoms with E-state index in [9.17, 15) is 19.8 Å². The number of aliphatic hydroxyl groups is 1. The Balaban J connectivity index is 2.00. The number of ether oxygens (including phenoxy) is 1. The molecule has 1 amide bonds. The average molecular weight is 409 g/mol. The maximum absolute atomic E-state index is 13.5. The van der Waals surface area contributed by atoms with E-state index in [-0.39, 0.29) is 41.4 Å². The number of aliphatic hydroxyl groups excluding tert-OH is 1. The molecule has 1 atom stereocenters. The van der Waals surface area contributed by atoms with Crippen molar-refractivity contribution in [3.05, 3.63) is 68.6 Å². The van der Waals surface area contributed by atoms with E-state index in [2.05, 4.69) is 0 Å². The number of amides is 1. The first-order valence-corrected chi connectivity index (χ1v) is 9.74. The Bertz CT molecular complexity index is 1210. The zero-order valence-corrected chi connectivity index (χ0v) is 17.1. The Morgan fingerprint density at radius 3 is 2.63 bits per heavy atom. The molecule has 1 aromatic heterocycles. The SMILES string of the molecule is COc1cc([C@H]2c3c(oc4c(C)cc(C)cc4c3=O)C(=O)N2CCCO)ccc1O. The van der Waals surface area contributed by atoms with Gasteiger partial charge in [-0.05, 0) is 55.2 Å².